The van der Waals surface area contributed by atoms with Gasteiger partial charge >= 0.3 is 6.09 Å². The minimum Gasteiger partial charge on any atom is -0.450 e. The highest BCUT2D eigenvalue weighted by molar-refractivity contribution is 8.04. The van der Waals surface area contributed by atoms with Crippen molar-refractivity contribution in [3.05, 3.63) is 64.1 Å². The van der Waals surface area contributed by atoms with E-state index in [1.54, 1.807) is 35.9 Å². The number of nitrogens with zero attached hydrogens (tertiary/aromatic N) is 2. The van der Waals surface area contributed by atoms with E-state index in [9.17, 15) is 14.4 Å². The molecule has 0 aromatic heterocycles. The summed E-state index contributed by atoms with van der Waals surface area (Å²) in [5, 5.41) is 3.07. The van der Waals surface area contributed by atoms with Crippen LogP contribution in [0.2, 0.25) is 0 Å². The van der Waals surface area contributed by atoms with Crippen molar-refractivity contribution in [1.29, 1.82) is 0 Å². The van der Waals surface area contributed by atoms with E-state index >= 15 is 0 Å². The van der Waals surface area contributed by atoms with Crippen molar-refractivity contribution < 1.29 is 19.1 Å². The van der Waals surface area contributed by atoms with Gasteiger partial charge in [0.1, 0.15) is 0 Å². The van der Waals surface area contributed by atoms with Gasteiger partial charge in [-0.15, -0.1) is 0 Å². The molecule has 2 heterocycles. The highest BCUT2D eigenvalue weighted by Crippen LogP contribution is 2.42. The fraction of sp³-hybridized carbons (Fsp3) is 0.346. The molecule has 2 aliphatic heterocycles. The quantitative estimate of drug-likeness (QED) is 0.656. The van der Waals surface area contributed by atoms with Crippen molar-refractivity contribution in [3.8, 4) is 0 Å². The molecule has 0 aliphatic carbocycles. The van der Waals surface area contributed by atoms with E-state index in [1.165, 1.54) is 11.8 Å². The number of piperidine rings is 1. The summed E-state index contributed by atoms with van der Waals surface area (Å²) in [5.74, 6) is -0.269. The molecule has 3 amide bonds. The number of rotatable bonds is 4. The third kappa shape index (κ3) is 5.12. The molecule has 8 heteroatoms. The Morgan fingerprint density at radius 3 is 2.62 bits per heavy atom. The highest BCUT2D eigenvalue weighted by Gasteiger charge is 2.29. The maximum Gasteiger partial charge on any atom is 0.409 e. The number of ether oxygens (including phenoxy) is 1. The molecule has 1 saturated heterocycles. The second kappa shape index (κ2) is 10.3. The molecular formula is C26H29N3O4S. The molecule has 0 atom stereocenters. The Morgan fingerprint density at radius 2 is 1.91 bits per heavy atom. The lowest BCUT2D eigenvalue weighted by molar-refractivity contribution is -0.114. The molecule has 0 unspecified atom stereocenters. The number of carbonyl (C=O) groups excluding carboxylic acids is 3. The summed E-state index contributed by atoms with van der Waals surface area (Å²) in [6.45, 7) is 5.27. The summed E-state index contributed by atoms with van der Waals surface area (Å²) >= 11 is 1.42. The van der Waals surface area contributed by atoms with Gasteiger partial charge < -0.3 is 19.9 Å². The minimum absolute atomic E-state index is 0.00778. The molecule has 2 aromatic rings. The summed E-state index contributed by atoms with van der Waals surface area (Å²) in [6, 6.07) is 13.4. The van der Waals surface area contributed by atoms with Gasteiger partial charge in [-0.1, -0.05) is 36.0 Å². The molecule has 0 bridgehead atoms. The molecule has 2 aromatic carbocycles. The number of benzene rings is 2. The second-order valence-electron chi connectivity index (χ2n) is 8.45. The van der Waals surface area contributed by atoms with Gasteiger partial charge in [0.05, 0.1) is 17.2 Å². The van der Waals surface area contributed by atoms with Gasteiger partial charge in [-0.3, -0.25) is 9.59 Å². The molecule has 7 nitrogen and oxygen atoms in total. The number of thioether (sulfide) groups is 1. The number of hydrogen-bond donors (Lipinski definition) is 1. The molecular weight excluding hydrogens is 450 g/mol. The first-order valence-electron chi connectivity index (χ1n) is 11.5. The lowest BCUT2D eigenvalue weighted by atomic mass is 10.0. The van der Waals surface area contributed by atoms with E-state index in [4.69, 9.17) is 4.74 Å². The van der Waals surface area contributed by atoms with Crippen LogP contribution in [0.15, 0.2) is 52.3 Å². The fourth-order valence-electron chi connectivity index (χ4n) is 4.11. The van der Waals surface area contributed by atoms with Crippen LogP contribution in [0.4, 0.5) is 10.5 Å². The van der Waals surface area contributed by atoms with Gasteiger partial charge in [-0.2, -0.15) is 0 Å². The summed E-state index contributed by atoms with van der Waals surface area (Å²) in [5.41, 5.74) is 3.36. The molecule has 1 fully saturated rings. The summed E-state index contributed by atoms with van der Waals surface area (Å²) < 4.78 is 5.05. The van der Waals surface area contributed by atoms with Crippen LogP contribution in [0.1, 0.15) is 41.3 Å². The zero-order valence-electron chi connectivity index (χ0n) is 19.7. The van der Waals surface area contributed by atoms with E-state index in [-0.39, 0.29) is 23.9 Å². The third-order valence-electron chi connectivity index (χ3n) is 6.15. The number of fused-ring (bicyclic) bond motifs is 1. The van der Waals surface area contributed by atoms with Crippen molar-refractivity contribution in [3.63, 3.8) is 0 Å². The number of hydrogen-bond acceptors (Lipinski definition) is 5. The van der Waals surface area contributed by atoms with Crippen LogP contribution >= 0.6 is 11.8 Å². The lowest BCUT2D eigenvalue weighted by Gasteiger charge is -2.32. The third-order valence-corrected chi connectivity index (χ3v) is 7.23. The van der Waals surface area contributed by atoms with Crippen LogP contribution in [-0.4, -0.2) is 55.6 Å². The Kier molecular flexibility index (Phi) is 7.26. The molecule has 0 spiro atoms. The predicted octanol–water partition coefficient (Wildman–Crippen LogP) is 4.46. The predicted molar refractivity (Wildman–Crippen MR) is 134 cm³/mol. The number of likely N-dealkylation sites (tertiary alicyclic amines) is 1. The zero-order valence-corrected chi connectivity index (χ0v) is 20.5. The average molecular weight is 480 g/mol. The SMILES string of the molecule is CCOC(=O)N1CCC(NC(=O)c2ccc3c(c2)N(C)C(=O)C(=Cc2ccccc2C)S3)CC1. The van der Waals surface area contributed by atoms with Crippen molar-refractivity contribution >= 4 is 41.4 Å². The smallest absolute Gasteiger partial charge is 0.409 e. The Balaban J connectivity index is 1.44. The second-order valence-corrected chi connectivity index (χ2v) is 9.53. The van der Waals surface area contributed by atoms with Crippen molar-refractivity contribution in [1.82, 2.24) is 10.2 Å². The zero-order chi connectivity index (χ0) is 24.2. The van der Waals surface area contributed by atoms with E-state index in [0.29, 0.717) is 43.0 Å². The summed E-state index contributed by atoms with van der Waals surface area (Å²) in [7, 11) is 1.74. The van der Waals surface area contributed by atoms with Crippen molar-refractivity contribution in [2.75, 3.05) is 31.6 Å². The first-order chi connectivity index (χ1) is 16.4. The fourth-order valence-corrected chi connectivity index (χ4v) is 5.20. The molecule has 178 valence electrons. The van der Waals surface area contributed by atoms with Crippen LogP contribution < -0.4 is 10.2 Å². The summed E-state index contributed by atoms with van der Waals surface area (Å²) in [6.07, 6.45) is 2.97. The Hall–Kier alpha value is -3.26. The van der Waals surface area contributed by atoms with Crippen molar-refractivity contribution in [2.24, 2.45) is 0 Å². The Labute approximate surface area is 204 Å². The molecule has 34 heavy (non-hydrogen) atoms. The number of amides is 3. The van der Waals surface area contributed by atoms with Gasteiger partial charge in [-0.25, -0.2) is 4.79 Å². The number of aryl methyl sites for hydroxylation is 1. The molecule has 0 radical (unpaired) electrons. The topological polar surface area (TPSA) is 79.0 Å². The average Bonchev–Trinajstić information content (AvgIpc) is 2.84. The van der Waals surface area contributed by atoms with Crippen LogP contribution in [0.25, 0.3) is 6.08 Å². The maximum atomic E-state index is 13.0. The summed E-state index contributed by atoms with van der Waals surface area (Å²) in [4.78, 5) is 42.7. The standard InChI is InChI=1S/C26H29N3O4S/c1-4-33-26(32)29-13-11-20(12-14-29)27-24(30)19-9-10-22-21(15-19)28(3)25(31)23(34-22)16-18-8-6-5-7-17(18)2/h5-10,15-16,20H,4,11-14H2,1-3H3,(H,27,30). The van der Waals surface area contributed by atoms with Gasteiger partial charge in [0.25, 0.3) is 11.8 Å². The van der Waals surface area contributed by atoms with Gasteiger partial charge in [0, 0.05) is 36.6 Å². The Morgan fingerprint density at radius 1 is 1.18 bits per heavy atom. The lowest BCUT2D eigenvalue weighted by Crippen LogP contribution is -2.46. The number of carbonyl (C=O) groups is 3. The van der Waals surface area contributed by atoms with E-state index in [0.717, 1.165) is 21.7 Å². The van der Waals surface area contributed by atoms with Crippen LogP contribution in [-0.2, 0) is 9.53 Å². The van der Waals surface area contributed by atoms with Gasteiger partial charge in [-0.05, 0) is 62.1 Å². The largest absolute Gasteiger partial charge is 0.450 e. The van der Waals surface area contributed by atoms with Gasteiger partial charge in [0.15, 0.2) is 0 Å². The van der Waals surface area contributed by atoms with Crippen molar-refractivity contribution in [2.45, 2.75) is 37.6 Å². The van der Waals surface area contributed by atoms with Crippen LogP contribution in [0.5, 0.6) is 0 Å². The monoisotopic (exact) mass is 479 g/mol. The number of nitrogens with one attached hydrogen (secondary N) is 1. The highest BCUT2D eigenvalue weighted by atomic mass is 32.2. The molecule has 1 N–H and O–H groups in total. The Bertz CT molecular complexity index is 1140. The first kappa shape index (κ1) is 23.9. The van der Waals surface area contributed by atoms with E-state index in [2.05, 4.69) is 5.32 Å². The van der Waals surface area contributed by atoms with E-state index < -0.39 is 0 Å². The number of anilines is 1. The van der Waals surface area contributed by atoms with Crippen LogP contribution in [0, 0.1) is 6.92 Å². The molecule has 2 aliphatic rings. The normalized spacial score (nSPS) is 17.5. The molecule has 0 saturated carbocycles. The molecule has 4 rings (SSSR count). The number of likely N-dealkylation sites (N-methyl/N-ethyl adjacent to an activating group) is 1. The van der Waals surface area contributed by atoms with E-state index in [1.807, 2.05) is 43.3 Å². The minimum atomic E-state index is -0.303. The first-order valence-corrected chi connectivity index (χ1v) is 12.3. The van der Waals surface area contributed by atoms with Gasteiger partial charge in [0.2, 0.25) is 0 Å². The van der Waals surface area contributed by atoms with Crippen LogP contribution in [0.3, 0.4) is 0 Å². The maximum absolute atomic E-state index is 13.0.